The molecule has 1 saturated heterocycles. The molecule has 3 rings (SSSR count). The van der Waals surface area contributed by atoms with E-state index >= 15 is 0 Å². The number of nitrogens with two attached hydrogens (primary N) is 2. The van der Waals surface area contributed by atoms with Crippen LogP contribution in [0.15, 0.2) is 42.1 Å². The van der Waals surface area contributed by atoms with E-state index in [1.54, 1.807) is 5.01 Å². The predicted molar refractivity (Wildman–Crippen MR) is 109 cm³/mol. The van der Waals surface area contributed by atoms with Gasteiger partial charge in [0.2, 0.25) is 5.88 Å². The van der Waals surface area contributed by atoms with Crippen molar-refractivity contribution < 1.29 is 4.74 Å². The van der Waals surface area contributed by atoms with Crippen LogP contribution in [0.25, 0.3) is 5.70 Å². The Morgan fingerprint density at radius 1 is 1.15 bits per heavy atom. The molecule has 5 N–H and O–H groups in total. The second kappa shape index (κ2) is 8.41. The Hall–Kier alpha value is -2.57. The van der Waals surface area contributed by atoms with Gasteiger partial charge in [0.1, 0.15) is 5.75 Å². The van der Waals surface area contributed by atoms with Crippen molar-refractivity contribution >= 4 is 5.70 Å². The quantitative estimate of drug-likeness (QED) is 0.556. The van der Waals surface area contributed by atoms with Crippen molar-refractivity contribution in [2.75, 3.05) is 13.1 Å². The van der Waals surface area contributed by atoms with Crippen LogP contribution in [0.3, 0.4) is 0 Å². The third kappa shape index (κ3) is 4.78. The Kier molecular flexibility index (Phi) is 5.98. The topological polar surface area (TPSA) is 89.4 Å². The van der Waals surface area contributed by atoms with E-state index in [1.807, 2.05) is 51.1 Å². The molecule has 1 aliphatic heterocycles. The Bertz CT molecular complexity index is 803. The molecule has 2 aromatic rings. The van der Waals surface area contributed by atoms with E-state index in [-0.39, 0.29) is 6.04 Å². The first-order valence-electron chi connectivity index (χ1n) is 9.38. The minimum atomic E-state index is 0.241. The largest absolute Gasteiger partial charge is 0.439 e. The van der Waals surface area contributed by atoms with E-state index < -0.39 is 0 Å². The summed E-state index contributed by atoms with van der Waals surface area (Å²) in [4.78, 5) is 4.67. The molecule has 144 valence electrons. The summed E-state index contributed by atoms with van der Waals surface area (Å²) in [5, 5.41) is 5.13. The first-order chi connectivity index (χ1) is 12.9. The smallest absolute Gasteiger partial charge is 0.219 e. The average Bonchev–Trinajstić information content (AvgIpc) is 2.61. The van der Waals surface area contributed by atoms with Gasteiger partial charge in [0.15, 0.2) is 0 Å². The van der Waals surface area contributed by atoms with E-state index in [0.717, 1.165) is 54.2 Å². The molecule has 1 aromatic carbocycles. The van der Waals surface area contributed by atoms with Crippen LogP contribution in [0.4, 0.5) is 0 Å². The molecule has 6 heteroatoms. The molecule has 1 aromatic heterocycles. The number of nitrogens with one attached hydrogen (secondary N) is 1. The van der Waals surface area contributed by atoms with E-state index in [4.69, 9.17) is 16.3 Å². The number of hydrogen-bond donors (Lipinski definition) is 3. The molecule has 0 amide bonds. The number of benzene rings is 1. The third-order valence-corrected chi connectivity index (χ3v) is 4.72. The van der Waals surface area contributed by atoms with Gasteiger partial charge < -0.3 is 20.8 Å². The zero-order chi connectivity index (χ0) is 19.4. The number of nitrogens with zero attached hydrogens (tertiary/aromatic N) is 2. The minimum absolute atomic E-state index is 0.241. The second-order valence-corrected chi connectivity index (χ2v) is 7.21. The Morgan fingerprint density at radius 2 is 1.81 bits per heavy atom. The van der Waals surface area contributed by atoms with Crippen LogP contribution in [0.5, 0.6) is 11.6 Å². The first kappa shape index (κ1) is 19.2. The lowest BCUT2D eigenvalue weighted by atomic mass is 10.0. The van der Waals surface area contributed by atoms with Gasteiger partial charge in [0.25, 0.3) is 0 Å². The molecule has 0 aliphatic carbocycles. The Morgan fingerprint density at radius 3 is 2.44 bits per heavy atom. The lowest BCUT2D eigenvalue weighted by Crippen LogP contribution is -2.46. The Balaban J connectivity index is 1.86. The van der Waals surface area contributed by atoms with Gasteiger partial charge in [0.05, 0.1) is 11.4 Å². The summed E-state index contributed by atoms with van der Waals surface area (Å²) >= 11 is 0. The molecule has 0 atom stereocenters. The number of ether oxygens (including phenoxy) is 1. The van der Waals surface area contributed by atoms with Gasteiger partial charge in [-0.3, -0.25) is 0 Å². The van der Waals surface area contributed by atoms with Gasteiger partial charge >= 0.3 is 0 Å². The van der Waals surface area contributed by atoms with Crippen molar-refractivity contribution in [3.05, 3.63) is 58.9 Å². The highest BCUT2D eigenvalue weighted by atomic mass is 16.5. The number of aryl methyl sites for hydroxylation is 2. The monoisotopic (exact) mass is 367 g/mol. The van der Waals surface area contributed by atoms with E-state index in [0.29, 0.717) is 11.6 Å². The SMILES string of the molecule is C/C(N)=C(\c1cccc(Oc2cc(C)cc(C)c2)n1)N(N)C1CCNCC1. The van der Waals surface area contributed by atoms with Gasteiger partial charge in [-0.15, -0.1) is 0 Å². The molecule has 27 heavy (non-hydrogen) atoms. The maximum absolute atomic E-state index is 6.45. The highest BCUT2D eigenvalue weighted by Crippen LogP contribution is 2.27. The van der Waals surface area contributed by atoms with Crippen molar-refractivity contribution in [3.8, 4) is 11.6 Å². The maximum atomic E-state index is 6.45. The van der Waals surface area contributed by atoms with E-state index in [2.05, 4.69) is 16.4 Å². The van der Waals surface area contributed by atoms with Crippen LogP contribution in [-0.2, 0) is 0 Å². The number of allylic oxidation sites excluding steroid dienone is 1. The highest BCUT2D eigenvalue weighted by Gasteiger charge is 2.23. The zero-order valence-electron chi connectivity index (χ0n) is 16.3. The fourth-order valence-corrected chi connectivity index (χ4v) is 3.52. The number of pyridine rings is 1. The fourth-order valence-electron chi connectivity index (χ4n) is 3.52. The minimum Gasteiger partial charge on any atom is -0.439 e. The average molecular weight is 367 g/mol. The van der Waals surface area contributed by atoms with Gasteiger partial charge in [-0.25, -0.2) is 10.8 Å². The highest BCUT2D eigenvalue weighted by molar-refractivity contribution is 5.63. The molecule has 0 radical (unpaired) electrons. The van der Waals surface area contributed by atoms with E-state index in [1.165, 1.54) is 0 Å². The molecule has 0 unspecified atom stereocenters. The lowest BCUT2D eigenvalue weighted by Gasteiger charge is -2.34. The van der Waals surface area contributed by atoms with E-state index in [9.17, 15) is 0 Å². The van der Waals surface area contributed by atoms with Crippen molar-refractivity contribution in [1.82, 2.24) is 15.3 Å². The zero-order valence-corrected chi connectivity index (χ0v) is 16.3. The molecule has 1 aliphatic rings. The number of piperidine rings is 1. The summed E-state index contributed by atoms with van der Waals surface area (Å²) in [5.74, 6) is 7.75. The summed E-state index contributed by atoms with van der Waals surface area (Å²) in [6.45, 7) is 7.87. The van der Waals surface area contributed by atoms with Gasteiger partial charge in [0, 0.05) is 17.8 Å². The Labute approximate surface area is 161 Å². The lowest BCUT2D eigenvalue weighted by molar-refractivity contribution is 0.242. The fraction of sp³-hybridized carbons (Fsp3) is 0.381. The van der Waals surface area contributed by atoms with Crippen molar-refractivity contribution in [2.24, 2.45) is 11.6 Å². The molecule has 2 heterocycles. The summed E-state index contributed by atoms with van der Waals surface area (Å²) in [7, 11) is 0. The molecule has 1 fully saturated rings. The number of aromatic nitrogens is 1. The van der Waals surface area contributed by atoms with Crippen molar-refractivity contribution in [1.29, 1.82) is 0 Å². The third-order valence-electron chi connectivity index (χ3n) is 4.72. The van der Waals surface area contributed by atoms with Crippen LogP contribution in [0.1, 0.15) is 36.6 Å². The summed E-state index contributed by atoms with van der Waals surface area (Å²) < 4.78 is 5.99. The molecular weight excluding hydrogens is 338 g/mol. The van der Waals surface area contributed by atoms with Gasteiger partial charge in [-0.2, -0.15) is 0 Å². The normalized spacial score (nSPS) is 16.0. The van der Waals surface area contributed by atoms with Crippen LogP contribution in [0, 0.1) is 13.8 Å². The first-order valence-corrected chi connectivity index (χ1v) is 9.38. The number of hydrazine groups is 1. The summed E-state index contributed by atoms with van der Waals surface area (Å²) in [5.41, 5.74) is 10.6. The van der Waals surface area contributed by atoms with Crippen LogP contribution in [0.2, 0.25) is 0 Å². The maximum Gasteiger partial charge on any atom is 0.219 e. The molecule has 0 saturated carbocycles. The molecule has 0 bridgehead atoms. The summed E-state index contributed by atoms with van der Waals surface area (Å²) in [6, 6.07) is 12.0. The van der Waals surface area contributed by atoms with Crippen LogP contribution < -0.4 is 21.6 Å². The second-order valence-electron chi connectivity index (χ2n) is 7.21. The molecular formula is C21H29N5O. The van der Waals surface area contributed by atoms with Crippen LogP contribution >= 0.6 is 0 Å². The van der Waals surface area contributed by atoms with Crippen molar-refractivity contribution in [3.63, 3.8) is 0 Å². The summed E-state index contributed by atoms with van der Waals surface area (Å²) in [6.07, 6.45) is 1.96. The molecule has 0 spiro atoms. The van der Waals surface area contributed by atoms with Crippen LogP contribution in [-0.4, -0.2) is 29.1 Å². The standard InChI is InChI=1S/C21H29N5O/c1-14-11-15(2)13-18(12-14)27-20-6-4-5-19(25-20)21(16(3)22)26(23)17-7-9-24-10-8-17/h4-6,11-13,17,24H,7-10,22-23H2,1-3H3/b21-16-. The van der Waals surface area contributed by atoms with Gasteiger partial charge in [-0.05, 0) is 76.0 Å². The number of rotatable bonds is 5. The molecule has 6 nitrogen and oxygen atoms in total. The predicted octanol–water partition coefficient (Wildman–Crippen LogP) is 3.07. The van der Waals surface area contributed by atoms with Gasteiger partial charge in [-0.1, -0.05) is 12.1 Å². The number of hydrogen-bond acceptors (Lipinski definition) is 6. The van der Waals surface area contributed by atoms with Crippen molar-refractivity contribution in [2.45, 2.75) is 39.7 Å².